The van der Waals surface area contributed by atoms with Gasteiger partial charge in [-0.25, -0.2) is 0 Å². The van der Waals surface area contributed by atoms with E-state index in [0.29, 0.717) is 38.8 Å². The SMILES string of the molecule is Cc1ccccc1CCNC(=O)C1(C(=O)NC(CCCN=C(N)N)B(O)O)CCCC1. The summed E-state index contributed by atoms with van der Waals surface area (Å²) in [4.78, 5) is 30.0. The van der Waals surface area contributed by atoms with E-state index in [0.717, 1.165) is 24.0 Å². The fourth-order valence-electron chi connectivity index (χ4n) is 4.03. The lowest BCUT2D eigenvalue weighted by atomic mass is 9.75. The second-order valence-electron chi connectivity index (χ2n) is 8.16. The van der Waals surface area contributed by atoms with Gasteiger partial charge in [0.25, 0.3) is 0 Å². The average Bonchev–Trinajstić information content (AvgIpc) is 3.22. The molecule has 2 rings (SSSR count). The number of amides is 2. The van der Waals surface area contributed by atoms with Gasteiger partial charge in [-0.2, -0.15) is 0 Å². The molecule has 9 nitrogen and oxygen atoms in total. The van der Waals surface area contributed by atoms with Crippen LogP contribution in [0.4, 0.5) is 0 Å². The van der Waals surface area contributed by atoms with Gasteiger partial charge in [0.2, 0.25) is 11.8 Å². The number of carbonyl (C=O) groups excluding carboxylic acids is 2. The molecule has 31 heavy (non-hydrogen) atoms. The topological polar surface area (TPSA) is 163 Å². The first-order valence-corrected chi connectivity index (χ1v) is 10.8. The normalized spacial score (nSPS) is 15.7. The zero-order chi connectivity index (χ0) is 22.9. The Hall–Kier alpha value is -2.59. The number of nitrogens with one attached hydrogen (secondary N) is 2. The van der Waals surface area contributed by atoms with Crippen LogP contribution in [0.15, 0.2) is 29.3 Å². The Morgan fingerprint density at radius 3 is 2.48 bits per heavy atom. The van der Waals surface area contributed by atoms with Gasteiger partial charge in [-0.15, -0.1) is 0 Å². The van der Waals surface area contributed by atoms with Crippen LogP contribution in [0.3, 0.4) is 0 Å². The van der Waals surface area contributed by atoms with Crippen LogP contribution in [-0.2, 0) is 16.0 Å². The second-order valence-corrected chi connectivity index (χ2v) is 8.16. The lowest BCUT2D eigenvalue weighted by molar-refractivity contribution is -0.143. The van der Waals surface area contributed by atoms with E-state index < -0.39 is 24.4 Å². The summed E-state index contributed by atoms with van der Waals surface area (Å²) in [5.41, 5.74) is 11.7. The number of rotatable bonds is 11. The molecular formula is C21H34BN5O4. The zero-order valence-corrected chi connectivity index (χ0v) is 18.1. The van der Waals surface area contributed by atoms with Gasteiger partial charge in [0.15, 0.2) is 5.96 Å². The summed E-state index contributed by atoms with van der Waals surface area (Å²) in [5.74, 6) is -1.71. The summed E-state index contributed by atoms with van der Waals surface area (Å²) < 4.78 is 0. The third kappa shape index (κ3) is 6.97. The first kappa shape index (κ1) is 24.7. The van der Waals surface area contributed by atoms with Crippen molar-refractivity contribution in [3.63, 3.8) is 0 Å². The summed E-state index contributed by atoms with van der Waals surface area (Å²) in [6, 6.07) is 7.98. The lowest BCUT2D eigenvalue weighted by Crippen LogP contribution is -2.56. The van der Waals surface area contributed by atoms with Crippen LogP contribution in [0.5, 0.6) is 0 Å². The van der Waals surface area contributed by atoms with Crippen molar-refractivity contribution in [2.75, 3.05) is 13.1 Å². The van der Waals surface area contributed by atoms with E-state index in [2.05, 4.69) is 15.6 Å². The van der Waals surface area contributed by atoms with Crippen LogP contribution in [0.1, 0.15) is 49.7 Å². The van der Waals surface area contributed by atoms with E-state index in [1.165, 1.54) is 0 Å². The summed E-state index contributed by atoms with van der Waals surface area (Å²) in [6.45, 7) is 2.77. The number of hydrogen-bond donors (Lipinski definition) is 6. The molecule has 170 valence electrons. The molecule has 0 radical (unpaired) electrons. The van der Waals surface area contributed by atoms with Crippen LogP contribution in [0, 0.1) is 12.3 Å². The van der Waals surface area contributed by atoms with Gasteiger partial charge < -0.3 is 32.1 Å². The van der Waals surface area contributed by atoms with Crippen molar-refractivity contribution < 1.29 is 19.6 Å². The third-order valence-electron chi connectivity index (χ3n) is 5.91. The van der Waals surface area contributed by atoms with Crippen molar-refractivity contribution in [3.8, 4) is 0 Å². The van der Waals surface area contributed by atoms with Crippen LogP contribution >= 0.6 is 0 Å². The van der Waals surface area contributed by atoms with E-state index in [1.54, 1.807) is 0 Å². The predicted molar refractivity (Wildman–Crippen MR) is 121 cm³/mol. The van der Waals surface area contributed by atoms with Crippen LogP contribution < -0.4 is 22.1 Å². The molecule has 0 saturated heterocycles. The van der Waals surface area contributed by atoms with Gasteiger partial charge in [0, 0.05) is 13.1 Å². The van der Waals surface area contributed by atoms with Crippen molar-refractivity contribution in [3.05, 3.63) is 35.4 Å². The fourth-order valence-corrected chi connectivity index (χ4v) is 4.03. The van der Waals surface area contributed by atoms with Crippen molar-refractivity contribution in [2.45, 2.75) is 57.8 Å². The Morgan fingerprint density at radius 2 is 1.87 bits per heavy atom. The number of carbonyl (C=O) groups is 2. The van der Waals surface area contributed by atoms with E-state index in [-0.39, 0.29) is 18.3 Å². The Kier molecular flexibility index (Phi) is 9.32. The smallest absolute Gasteiger partial charge is 0.426 e. The highest BCUT2D eigenvalue weighted by atomic mass is 16.4. The molecule has 1 fully saturated rings. The molecule has 0 aliphatic heterocycles. The highest BCUT2D eigenvalue weighted by molar-refractivity contribution is 6.43. The van der Waals surface area contributed by atoms with E-state index in [4.69, 9.17) is 11.5 Å². The maximum atomic E-state index is 13.1. The van der Waals surface area contributed by atoms with Gasteiger partial charge in [0.1, 0.15) is 5.41 Å². The molecule has 1 aliphatic rings. The number of aliphatic imine (C=N–C) groups is 1. The molecule has 0 bridgehead atoms. The van der Waals surface area contributed by atoms with Crippen molar-refractivity contribution in [2.24, 2.45) is 21.9 Å². The first-order valence-electron chi connectivity index (χ1n) is 10.8. The van der Waals surface area contributed by atoms with E-state index in [1.807, 2.05) is 31.2 Å². The molecule has 1 saturated carbocycles. The molecule has 2 amide bonds. The van der Waals surface area contributed by atoms with E-state index >= 15 is 0 Å². The summed E-state index contributed by atoms with van der Waals surface area (Å²) in [7, 11) is -1.74. The van der Waals surface area contributed by atoms with Crippen molar-refractivity contribution in [1.82, 2.24) is 10.6 Å². The number of benzene rings is 1. The Balaban J connectivity index is 1.97. The molecule has 1 atom stereocenters. The maximum absolute atomic E-state index is 13.1. The number of aryl methyl sites for hydroxylation is 1. The molecule has 10 heteroatoms. The quantitative estimate of drug-likeness (QED) is 0.0932. The standard InChI is InChI=1S/C21H34BN5O4/c1-15-7-2-3-8-16(15)10-14-25-18(28)21(11-4-5-12-21)19(29)27-17(22(30)31)9-6-13-26-20(23)24/h2-3,7-8,17,30-31H,4-6,9-14H2,1H3,(H,25,28)(H,27,29)(H4,23,24,26). The number of nitrogens with two attached hydrogens (primary N) is 2. The molecule has 1 unspecified atom stereocenters. The Labute approximate surface area is 183 Å². The molecule has 1 aliphatic carbocycles. The minimum absolute atomic E-state index is 0.0441. The average molecular weight is 431 g/mol. The second kappa shape index (κ2) is 11.7. The van der Waals surface area contributed by atoms with Gasteiger partial charge >= 0.3 is 7.12 Å². The van der Waals surface area contributed by atoms with Gasteiger partial charge in [-0.3, -0.25) is 14.6 Å². The number of hydrogen-bond acceptors (Lipinski definition) is 5. The largest absolute Gasteiger partial charge is 0.475 e. The molecule has 1 aromatic rings. The summed E-state index contributed by atoms with van der Waals surface area (Å²) >= 11 is 0. The molecule has 8 N–H and O–H groups in total. The van der Waals surface area contributed by atoms with Crippen LogP contribution in [0.2, 0.25) is 0 Å². The highest BCUT2D eigenvalue weighted by Gasteiger charge is 2.48. The molecule has 1 aromatic carbocycles. The molecular weight excluding hydrogens is 397 g/mol. The molecule has 0 spiro atoms. The van der Waals surface area contributed by atoms with Gasteiger partial charge in [-0.1, -0.05) is 37.1 Å². The Bertz CT molecular complexity index is 777. The van der Waals surface area contributed by atoms with E-state index in [9.17, 15) is 19.6 Å². The number of nitrogens with zero attached hydrogens (tertiary/aromatic N) is 1. The summed E-state index contributed by atoms with van der Waals surface area (Å²) in [5, 5.41) is 25.0. The van der Waals surface area contributed by atoms with Crippen LogP contribution in [-0.4, -0.2) is 54.0 Å². The fraction of sp³-hybridized carbons (Fsp3) is 0.571. The van der Waals surface area contributed by atoms with Crippen molar-refractivity contribution in [1.29, 1.82) is 0 Å². The Morgan fingerprint density at radius 1 is 1.19 bits per heavy atom. The molecule has 0 heterocycles. The maximum Gasteiger partial charge on any atom is 0.475 e. The van der Waals surface area contributed by atoms with Crippen LogP contribution in [0.25, 0.3) is 0 Å². The zero-order valence-electron chi connectivity index (χ0n) is 18.1. The minimum atomic E-state index is -1.74. The van der Waals surface area contributed by atoms with Gasteiger partial charge in [0.05, 0.1) is 5.94 Å². The lowest BCUT2D eigenvalue weighted by Gasteiger charge is -2.29. The monoisotopic (exact) mass is 431 g/mol. The first-order chi connectivity index (χ1) is 14.8. The highest BCUT2D eigenvalue weighted by Crippen LogP contribution is 2.39. The van der Waals surface area contributed by atoms with Crippen molar-refractivity contribution >= 4 is 24.9 Å². The van der Waals surface area contributed by atoms with Gasteiger partial charge in [-0.05, 0) is 50.2 Å². The third-order valence-corrected chi connectivity index (χ3v) is 5.91. The summed E-state index contributed by atoms with van der Waals surface area (Å²) in [6.07, 6.45) is 3.83. The number of guanidine groups is 1. The minimum Gasteiger partial charge on any atom is -0.426 e. The predicted octanol–water partition coefficient (Wildman–Crippen LogP) is -0.235. The molecule has 0 aromatic heterocycles.